The van der Waals surface area contributed by atoms with Crippen LogP contribution in [0.2, 0.25) is 5.02 Å². The lowest BCUT2D eigenvalue weighted by molar-refractivity contribution is 0.340. The minimum atomic E-state index is -0.237. The maximum atomic E-state index is 12.9. The molecule has 0 aliphatic heterocycles. The van der Waals surface area contributed by atoms with Gasteiger partial charge in [0, 0.05) is 22.6 Å². The second-order valence-corrected chi connectivity index (χ2v) is 8.39. The molecule has 0 radical (unpaired) electrons. The lowest BCUT2D eigenvalue weighted by Crippen LogP contribution is -2.27. The van der Waals surface area contributed by atoms with Crippen molar-refractivity contribution in [1.29, 1.82) is 0 Å². The van der Waals surface area contributed by atoms with Crippen LogP contribution in [0.15, 0.2) is 47.4 Å². The van der Waals surface area contributed by atoms with E-state index in [0.29, 0.717) is 28.5 Å². The van der Waals surface area contributed by atoms with Crippen molar-refractivity contribution in [3.8, 4) is 17.0 Å². The summed E-state index contributed by atoms with van der Waals surface area (Å²) in [5, 5.41) is 4.94. The summed E-state index contributed by atoms with van der Waals surface area (Å²) >= 11 is 6.22. The number of hydrogen-bond donors (Lipinski definition) is 2. The molecule has 0 fully saturated rings. The van der Waals surface area contributed by atoms with Crippen LogP contribution in [0, 0.1) is 0 Å². The van der Waals surface area contributed by atoms with Gasteiger partial charge in [-0.2, -0.15) is 0 Å². The van der Waals surface area contributed by atoms with E-state index in [-0.39, 0.29) is 11.1 Å². The molecule has 29 heavy (non-hydrogen) atoms. The van der Waals surface area contributed by atoms with Gasteiger partial charge in [-0.3, -0.25) is 9.20 Å². The van der Waals surface area contributed by atoms with Gasteiger partial charge in [-0.1, -0.05) is 11.6 Å². The highest BCUT2D eigenvalue weighted by molar-refractivity contribution is 6.30. The predicted molar refractivity (Wildman–Crippen MR) is 118 cm³/mol. The Bertz CT molecular complexity index is 1270. The van der Waals surface area contributed by atoms with Gasteiger partial charge in [-0.05, 0) is 64.1 Å². The number of rotatable bonds is 4. The fourth-order valence-electron chi connectivity index (χ4n) is 3.30. The first-order valence-electron chi connectivity index (χ1n) is 9.51. The second kappa shape index (κ2) is 7.12. The van der Waals surface area contributed by atoms with Crippen molar-refractivity contribution < 1.29 is 4.74 Å². The summed E-state index contributed by atoms with van der Waals surface area (Å²) < 4.78 is 7.48. The summed E-state index contributed by atoms with van der Waals surface area (Å²) in [6, 6.07) is 11.1. The number of aromatic amines is 1. The fourth-order valence-corrected chi connectivity index (χ4v) is 3.46. The zero-order chi connectivity index (χ0) is 20.8. The number of nitrogens with zero attached hydrogens (tertiary/aromatic N) is 2. The number of hydrogen-bond acceptors (Lipinski definition) is 4. The largest absolute Gasteiger partial charge is 0.494 e. The lowest BCUT2D eigenvalue weighted by atomic mass is 10.1. The summed E-state index contributed by atoms with van der Waals surface area (Å²) in [5.74, 6) is 1.48. The number of ether oxygens (including phenoxy) is 1. The van der Waals surface area contributed by atoms with E-state index in [1.54, 1.807) is 12.3 Å². The number of nitrogens with one attached hydrogen (secondary N) is 2. The van der Waals surface area contributed by atoms with E-state index in [1.807, 2.05) is 41.7 Å². The Balaban J connectivity index is 1.97. The third-order valence-electron chi connectivity index (χ3n) is 4.46. The zero-order valence-corrected chi connectivity index (χ0v) is 17.6. The van der Waals surface area contributed by atoms with E-state index in [4.69, 9.17) is 21.3 Å². The van der Waals surface area contributed by atoms with Crippen molar-refractivity contribution in [2.45, 2.75) is 33.2 Å². The predicted octanol–water partition coefficient (Wildman–Crippen LogP) is 5.11. The third kappa shape index (κ3) is 3.80. The second-order valence-electron chi connectivity index (χ2n) is 7.95. The summed E-state index contributed by atoms with van der Waals surface area (Å²) in [6.45, 7) is 8.68. The van der Waals surface area contributed by atoms with E-state index in [1.165, 1.54) is 0 Å². The average molecular weight is 411 g/mol. The first kappa shape index (κ1) is 19.3. The van der Waals surface area contributed by atoms with E-state index in [9.17, 15) is 4.79 Å². The van der Waals surface area contributed by atoms with Gasteiger partial charge in [-0.25, -0.2) is 4.98 Å². The minimum Gasteiger partial charge on any atom is -0.494 e. The van der Waals surface area contributed by atoms with Crippen LogP contribution >= 0.6 is 11.6 Å². The molecule has 3 aromatic heterocycles. The molecule has 0 amide bonds. The lowest BCUT2D eigenvalue weighted by Gasteiger charge is -2.22. The van der Waals surface area contributed by atoms with Gasteiger partial charge in [-0.15, -0.1) is 0 Å². The van der Waals surface area contributed by atoms with Crippen molar-refractivity contribution in [1.82, 2.24) is 14.4 Å². The van der Waals surface area contributed by atoms with Crippen LogP contribution < -0.4 is 15.6 Å². The van der Waals surface area contributed by atoms with Gasteiger partial charge in [0.2, 0.25) is 0 Å². The molecular formula is C22H23ClN4O2. The molecule has 0 saturated heterocycles. The molecule has 150 valence electrons. The molecule has 0 aliphatic carbocycles. The molecular weight excluding hydrogens is 388 g/mol. The first-order chi connectivity index (χ1) is 13.7. The van der Waals surface area contributed by atoms with Gasteiger partial charge in [0.05, 0.1) is 17.2 Å². The van der Waals surface area contributed by atoms with Gasteiger partial charge >= 0.3 is 0 Å². The van der Waals surface area contributed by atoms with Crippen molar-refractivity contribution in [3.63, 3.8) is 0 Å². The summed E-state index contributed by atoms with van der Waals surface area (Å²) in [5.41, 5.74) is 2.08. The minimum absolute atomic E-state index is 0.201. The Morgan fingerprint density at radius 2 is 2.00 bits per heavy atom. The average Bonchev–Trinajstić information content (AvgIpc) is 2.97. The summed E-state index contributed by atoms with van der Waals surface area (Å²) in [7, 11) is 0. The van der Waals surface area contributed by atoms with Gasteiger partial charge in [0.25, 0.3) is 5.56 Å². The molecule has 6 nitrogen and oxygen atoms in total. The Kier molecular flexibility index (Phi) is 4.74. The highest BCUT2D eigenvalue weighted by Crippen LogP contribution is 2.31. The van der Waals surface area contributed by atoms with E-state index < -0.39 is 0 Å². The number of fused-ring (bicyclic) bond motifs is 2. The van der Waals surface area contributed by atoms with Crippen LogP contribution in [0.25, 0.3) is 27.8 Å². The SMILES string of the molecule is CCOc1ccc2[nH]c(=O)c(-c3nc4ccc(Cl)cn4c3NC(C)(C)C)cc2c1. The number of imidazole rings is 1. The quantitative estimate of drug-likeness (QED) is 0.490. The summed E-state index contributed by atoms with van der Waals surface area (Å²) in [6.07, 6.45) is 1.80. The monoisotopic (exact) mass is 410 g/mol. The highest BCUT2D eigenvalue weighted by Gasteiger charge is 2.21. The van der Waals surface area contributed by atoms with Crippen molar-refractivity contribution >= 4 is 34.0 Å². The molecule has 0 bridgehead atoms. The van der Waals surface area contributed by atoms with Gasteiger partial charge in [0.15, 0.2) is 0 Å². The van der Waals surface area contributed by atoms with Crippen LogP contribution in [0.5, 0.6) is 5.75 Å². The van der Waals surface area contributed by atoms with Crippen LogP contribution in [-0.4, -0.2) is 26.5 Å². The molecule has 4 rings (SSSR count). The Labute approximate surface area is 173 Å². The topological polar surface area (TPSA) is 71.4 Å². The van der Waals surface area contributed by atoms with Crippen molar-refractivity contribution in [3.05, 3.63) is 58.0 Å². The number of halogens is 1. The molecule has 7 heteroatoms. The molecule has 4 aromatic rings. The smallest absolute Gasteiger partial charge is 0.258 e. The van der Waals surface area contributed by atoms with E-state index >= 15 is 0 Å². The molecule has 1 aromatic carbocycles. The van der Waals surface area contributed by atoms with Crippen molar-refractivity contribution in [2.24, 2.45) is 0 Å². The standard InChI is InChI=1S/C22H23ClN4O2/c1-5-29-15-7-8-17-13(10-15)11-16(21(28)24-17)19-20(26-22(2,3)4)27-12-14(23)6-9-18(27)25-19/h6-12,26H,5H2,1-4H3,(H,24,28). The summed E-state index contributed by atoms with van der Waals surface area (Å²) in [4.78, 5) is 20.6. The fraction of sp³-hybridized carbons (Fsp3) is 0.273. The number of anilines is 1. The molecule has 0 aliphatic rings. The molecule has 0 spiro atoms. The van der Waals surface area contributed by atoms with Crippen molar-refractivity contribution in [2.75, 3.05) is 11.9 Å². The van der Waals surface area contributed by atoms with E-state index in [0.717, 1.165) is 22.5 Å². The Morgan fingerprint density at radius 1 is 1.21 bits per heavy atom. The van der Waals surface area contributed by atoms with Crippen LogP contribution in [0.4, 0.5) is 5.82 Å². The van der Waals surface area contributed by atoms with Gasteiger partial charge < -0.3 is 15.0 Å². The first-order valence-corrected chi connectivity index (χ1v) is 9.89. The number of pyridine rings is 2. The van der Waals surface area contributed by atoms with Gasteiger partial charge in [0.1, 0.15) is 22.9 Å². The molecule has 0 atom stereocenters. The molecule has 0 saturated carbocycles. The molecule has 0 unspecified atom stereocenters. The molecule has 2 N–H and O–H groups in total. The maximum absolute atomic E-state index is 12.9. The van der Waals surface area contributed by atoms with E-state index in [2.05, 4.69) is 31.1 Å². The van der Waals surface area contributed by atoms with Crippen LogP contribution in [-0.2, 0) is 0 Å². The normalized spacial score (nSPS) is 11.9. The number of H-pyrrole nitrogens is 1. The molecule has 3 heterocycles. The third-order valence-corrected chi connectivity index (χ3v) is 4.68. The number of aromatic nitrogens is 3. The zero-order valence-electron chi connectivity index (χ0n) is 16.8. The maximum Gasteiger partial charge on any atom is 0.258 e. The Hall–Kier alpha value is -2.99. The number of benzene rings is 1. The highest BCUT2D eigenvalue weighted by atomic mass is 35.5. The van der Waals surface area contributed by atoms with Crippen LogP contribution in [0.3, 0.4) is 0 Å². The Morgan fingerprint density at radius 3 is 2.72 bits per heavy atom. The van der Waals surface area contributed by atoms with Crippen LogP contribution in [0.1, 0.15) is 27.7 Å².